The van der Waals surface area contributed by atoms with Crippen LogP contribution in [0.5, 0.6) is 5.75 Å². The summed E-state index contributed by atoms with van der Waals surface area (Å²) in [5, 5.41) is 8.32. The number of benzene rings is 2. The normalized spacial score (nSPS) is 15.2. The molecule has 1 amide bonds. The van der Waals surface area contributed by atoms with E-state index >= 15 is 0 Å². The predicted octanol–water partition coefficient (Wildman–Crippen LogP) is 5.45. The zero-order chi connectivity index (χ0) is 21.1. The molecule has 29 heavy (non-hydrogen) atoms. The van der Waals surface area contributed by atoms with Crippen LogP contribution in [-0.4, -0.2) is 30.8 Å². The largest absolute Gasteiger partial charge is 0.495 e. The van der Waals surface area contributed by atoms with Crippen LogP contribution in [-0.2, 0) is 9.53 Å². The van der Waals surface area contributed by atoms with Crippen molar-refractivity contribution in [2.24, 2.45) is 0 Å². The van der Waals surface area contributed by atoms with Crippen molar-refractivity contribution in [1.29, 1.82) is 5.41 Å². The fourth-order valence-electron chi connectivity index (χ4n) is 2.73. The third-order valence-electron chi connectivity index (χ3n) is 3.99. The zero-order valence-corrected chi connectivity index (χ0v) is 19.5. The van der Waals surface area contributed by atoms with Gasteiger partial charge in [0.05, 0.1) is 34.3 Å². The lowest BCUT2D eigenvalue weighted by atomic mass is 10.1. The quantitative estimate of drug-likeness (QED) is 0.403. The van der Waals surface area contributed by atoms with Crippen LogP contribution in [0.2, 0.25) is 0 Å². The molecule has 150 valence electrons. The van der Waals surface area contributed by atoms with Crippen LogP contribution in [0.3, 0.4) is 0 Å². The summed E-state index contributed by atoms with van der Waals surface area (Å²) in [4.78, 5) is 26.4. The van der Waals surface area contributed by atoms with E-state index in [1.807, 2.05) is 12.1 Å². The summed E-state index contributed by atoms with van der Waals surface area (Å²) in [6.07, 6.45) is 1.70. The SMILES string of the molecule is CCOC(=O)c1ccc(N2C(=N)S/C(=C\c3cc(Br)cc(Br)c3OC)C2=O)cc1. The Balaban J connectivity index is 1.91. The van der Waals surface area contributed by atoms with Crippen LogP contribution in [0, 0.1) is 5.41 Å². The fourth-order valence-corrected chi connectivity index (χ4v) is 5.00. The Hall–Kier alpha value is -2.10. The molecule has 0 bridgehead atoms. The number of rotatable bonds is 5. The van der Waals surface area contributed by atoms with E-state index in [2.05, 4.69) is 31.9 Å². The van der Waals surface area contributed by atoms with Gasteiger partial charge < -0.3 is 9.47 Å². The molecule has 2 aromatic rings. The fraction of sp³-hybridized carbons (Fsp3) is 0.150. The Kier molecular flexibility index (Phi) is 6.81. The van der Waals surface area contributed by atoms with Crippen molar-refractivity contribution in [1.82, 2.24) is 0 Å². The number of nitrogens with one attached hydrogen (secondary N) is 1. The van der Waals surface area contributed by atoms with E-state index in [1.54, 1.807) is 44.4 Å². The number of esters is 1. The van der Waals surface area contributed by atoms with Gasteiger partial charge in [-0.15, -0.1) is 0 Å². The van der Waals surface area contributed by atoms with E-state index in [9.17, 15) is 9.59 Å². The second kappa shape index (κ2) is 9.15. The highest BCUT2D eigenvalue weighted by Gasteiger charge is 2.34. The van der Waals surface area contributed by atoms with E-state index in [0.717, 1.165) is 20.7 Å². The van der Waals surface area contributed by atoms with Gasteiger partial charge in [-0.2, -0.15) is 0 Å². The van der Waals surface area contributed by atoms with Gasteiger partial charge >= 0.3 is 5.97 Å². The first kappa shape index (κ1) is 21.6. The number of carbonyl (C=O) groups is 2. The van der Waals surface area contributed by atoms with Crippen LogP contribution < -0.4 is 9.64 Å². The third kappa shape index (κ3) is 4.57. The smallest absolute Gasteiger partial charge is 0.338 e. The van der Waals surface area contributed by atoms with E-state index in [0.29, 0.717) is 27.5 Å². The molecule has 0 radical (unpaired) electrons. The molecule has 0 spiro atoms. The van der Waals surface area contributed by atoms with Crippen LogP contribution in [0.25, 0.3) is 6.08 Å². The average molecular weight is 540 g/mol. The van der Waals surface area contributed by atoms with Crippen molar-refractivity contribution >= 4 is 72.4 Å². The van der Waals surface area contributed by atoms with Gasteiger partial charge in [0.1, 0.15) is 5.75 Å². The highest BCUT2D eigenvalue weighted by molar-refractivity contribution is 9.11. The Labute approximate surface area is 189 Å². The van der Waals surface area contributed by atoms with Crippen LogP contribution >= 0.6 is 43.6 Å². The van der Waals surface area contributed by atoms with Crippen molar-refractivity contribution in [3.05, 3.63) is 61.4 Å². The molecule has 0 unspecified atom stereocenters. The minimum atomic E-state index is -0.427. The van der Waals surface area contributed by atoms with Gasteiger partial charge in [-0.3, -0.25) is 15.1 Å². The highest BCUT2D eigenvalue weighted by atomic mass is 79.9. The second-order valence-electron chi connectivity index (χ2n) is 5.83. The average Bonchev–Trinajstić information content (AvgIpc) is 2.95. The molecule has 1 heterocycles. The third-order valence-corrected chi connectivity index (χ3v) is 5.92. The number of hydrogen-bond donors (Lipinski definition) is 1. The van der Waals surface area contributed by atoms with Gasteiger partial charge in [0, 0.05) is 10.0 Å². The first-order valence-electron chi connectivity index (χ1n) is 8.48. The van der Waals surface area contributed by atoms with Crippen molar-refractivity contribution in [3.8, 4) is 5.75 Å². The summed E-state index contributed by atoms with van der Waals surface area (Å²) in [5.41, 5.74) is 1.60. The van der Waals surface area contributed by atoms with Crippen molar-refractivity contribution < 1.29 is 19.1 Å². The summed E-state index contributed by atoms with van der Waals surface area (Å²) >= 11 is 7.94. The maximum atomic E-state index is 13.0. The summed E-state index contributed by atoms with van der Waals surface area (Å²) in [6.45, 7) is 2.02. The Morgan fingerprint density at radius 1 is 1.24 bits per heavy atom. The highest BCUT2D eigenvalue weighted by Crippen LogP contribution is 2.39. The molecular formula is C20H16Br2N2O4S. The maximum absolute atomic E-state index is 13.0. The van der Waals surface area contributed by atoms with Crippen LogP contribution in [0.4, 0.5) is 5.69 Å². The molecule has 0 atom stereocenters. The van der Waals surface area contributed by atoms with E-state index in [-0.39, 0.29) is 17.7 Å². The first-order chi connectivity index (χ1) is 13.8. The number of hydrogen-bond acceptors (Lipinski definition) is 6. The number of carbonyl (C=O) groups excluding carboxylic acids is 2. The first-order valence-corrected chi connectivity index (χ1v) is 10.9. The summed E-state index contributed by atoms with van der Waals surface area (Å²) < 4.78 is 12.0. The number of ether oxygens (including phenoxy) is 2. The second-order valence-corrected chi connectivity index (χ2v) is 8.63. The number of methoxy groups -OCH3 is 1. The summed E-state index contributed by atoms with van der Waals surface area (Å²) in [5.74, 6) is -0.149. The molecule has 1 N–H and O–H groups in total. The molecule has 1 saturated heterocycles. The lowest BCUT2D eigenvalue weighted by Crippen LogP contribution is -2.28. The minimum absolute atomic E-state index is 0.0816. The molecule has 1 fully saturated rings. The maximum Gasteiger partial charge on any atom is 0.338 e. The number of halogens is 2. The lowest BCUT2D eigenvalue weighted by Gasteiger charge is -2.14. The summed E-state index contributed by atoms with van der Waals surface area (Å²) in [7, 11) is 1.55. The predicted molar refractivity (Wildman–Crippen MR) is 122 cm³/mol. The standard InChI is InChI=1S/C20H16Br2N2O4S/c1-3-28-19(26)11-4-6-14(7-5-11)24-18(25)16(29-20(24)23)9-12-8-13(21)10-15(22)17(12)27-2/h4-10,23H,3H2,1-2H3/b16-9-,23-20?. The molecular weight excluding hydrogens is 524 g/mol. The number of amidine groups is 1. The Morgan fingerprint density at radius 3 is 2.55 bits per heavy atom. The number of anilines is 1. The topological polar surface area (TPSA) is 79.7 Å². The Morgan fingerprint density at radius 2 is 1.93 bits per heavy atom. The molecule has 1 aliphatic heterocycles. The van der Waals surface area contributed by atoms with Gasteiger partial charge in [-0.1, -0.05) is 15.9 Å². The van der Waals surface area contributed by atoms with Crippen molar-refractivity contribution in [3.63, 3.8) is 0 Å². The van der Waals surface area contributed by atoms with Crippen molar-refractivity contribution in [2.45, 2.75) is 6.92 Å². The van der Waals surface area contributed by atoms with E-state index in [4.69, 9.17) is 14.9 Å². The van der Waals surface area contributed by atoms with E-state index < -0.39 is 5.97 Å². The van der Waals surface area contributed by atoms with Gasteiger partial charge in [0.25, 0.3) is 5.91 Å². The molecule has 6 nitrogen and oxygen atoms in total. The van der Waals surface area contributed by atoms with Crippen molar-refractivity contribution in [2.75, 3.05) is 18.6 Å². The van der Waals surface area contributed by atoms with Crippen LogP contribution in [0.15, 0.2) is 50.2 Å². The zero-order valence-electron chi connectivity index (χ0n) is 15.5. The number of thioether (sulfide) groups is 1. The molecule has 9 heteroatoms. The van der Waals surface area contributed by atoms with Gasteiger partial charge in [0.2, 0.25) is 0 Å². The van der Waals surface area contributed by atoms with Gasteiger partial charge in [-0.25, -0.2) is 4.79 Å². The number of amides is 1. The molecule has 0 aliphatic carbocycles. The number of nitrogens with zero attached hydrogens (tertiary/aromatic N) is 1. The van der Waals surface area contributed by atoms with Crippen LogP contribution in [0.1, 0.15) is 22.8 Å². The summed E-state index contributed by atoms with van der Waals surface area (Å²) in [6, 6.07) is 10.1. The molecule has 1 aliphatic rings. The molecule has 0 aromatic heterocycles. The van der Waals surface area contributed by atoms with Gasteiger partial charge in [0.15, 0.2) is 5.17 Å². The molecule has 2 aromatic carbocycles. The lowest BCUT2D eigenvalue weighted by molar-refractivity contribution is -0.113. The van der Waals surface area contributed by atoms with E-state index in [1.165, 1.54) is 4.90 Å². The Bertz CT molecular complexity index is 1020. The monoisotopic (exact) mass is 538 g/mol. The molecule has 0 saturated carbocycles. The molecule has 3 rings (SSSR count). The van der Waals surface area contributed by atoms with Gasteiger partial charge in [-0.05, 0) is 77.1 Å². The minimum Gasteiger partial charge on any atom is -0.495 e.